The van der Waals surface area contributed by atoms with Crippen molar-refractivity contribution in [2.45, 2.75) is 58.0 Å². The first-order chi connectivity index (χ1) is 15.6. The van der Waals surface area contributed by atoms with Crippen molar-refractivity contribution >= 4 is 35.9 Å². The van der Waals surface area contributed by atoms with Crippen molar-refractivity contribution in [2.24, 2.45) is 10.9 Å². The van der Waals surface area contributed by atoms with Gasteiger partial charge in [-0.2, -0.15) is 0 Å². The number of piperidine rings is 1. The van der Waals surface area contributed by atoms with Crippen molar-refractivity contribution in [3.8, 4) is 0 Å². The van der Waals surface area contributed by atoms with Crippen molar-refractivity contribution in [1.29, 1.82) is 0 Å². The number of guanidine groups is 1. The van der Waals surface area contributed by atoms with E-state index in [-0.39, 0.29) is 47.4 Å². The molecule has 2 N–H and O–H groups in total. The van der Waals surface area contributed by atoms with E-state index in [1.54, 1.807) is 0 Å². The van der Waals surface area contributed by atoms with E-state index in [1.807, 2.05) is 6.92 Å². The van der Waals surface area contributed by atoms with Gasteiger partial charge in [0.2, 0.25) is 0 Å². The third kappa shape index (κ3) is 8.10. The molecule has 2 heterocycles. The molecule has 1 atom stereocenters. The molecule has 0 spiro atoms. The van der Waals surface area contributed by atoms with Crippen LogP contribution in [0.1, 0.15) is 58.1 Å². The van der Waals surface area contributed by atoms with Crippen LogP contribution in [0.5, 0.6) is 0 Å². The highest BCUT2D eigenvalue weighted by atomic mass is 127. The van der Waals surface area contributed by atoms with Crippen LogP contribution in [-0.2, 0) is 14.3 Å². The molecule has 0 aromatic heterocycles. The molecule has 0 amide bonds. The number of carbonyl (C=O) groups is 1. The normalized spacial score (nSPS) is 20.0. The maximum absolute atomic E-state index is 12.1. The molecule has 2 fully saturated rings. The third-order valence-electron chi connectivity index (χ3n) is 6.55. The van der Waals surface area contributed by atoms with Gasteiger partial charge in [-0.15, -0.1) is 24.0 Å². The fourth-order valence-corrected chi connectivity index (χ4v) is 4.63. The van der Waals surface area contributed by atoms with Crippen LogP contribution in [0.4, 0.5) is 0 Å². The van der Waals surface area contributed by atoms with Gasteiger partial charge in [0.25, 0.3) is 0 Å². The minimum absolute atomic E-state index is 0. The maximum Gasteiger partial charge on any atom is 0.309 e. The molecule has 33 heavy (non-hydrogen) atoms. The summed E-state index contributed by atoms with van der Waals surface area (Å²) < 4.78 is 10.9. The Morgan fingerprint density at radius 2 is 1.88 bits per heavy atom. The molecular formula is C25H41IN4O3. The van der Waals surface area contributed by atoms with Crippen LogP contribution in [0, 0.1) is 5.92 Å². The summed E-state index contributed by atoms with van der Waals surface area (Å²) in [7, 11) is 0. The molecule has 0 saturated carbocycles. The van der Waals surface area contributed by atoms with Crippen LogP contribution >= 0.6 is 24.0 Å². The summed E-state index contributed by atoms with van der Waals surface area (Å²) in [6, 6.07) is 10.8. The lowest BCUT2D eigenvalue weighted by molar-refractivity contribution is -0.149. The van der Waals surface area contributed by atoms with Crippen LogP contribution in [-0.4, -0.2) is 68.4 Å². The lowest BCUT2D eigenvalue weighted by Crippen LogP contribution is -2.54. The van der Waals surface area contributed by atoms with Crippen LogP contribution in [0.25, 0.3) is 0 Å². The molecule has 1 aromatic rings. The zero-order valence-electron chi connectivity index (χ0n) is 20.3. The van der Waals surface area contributed by atoms with Gasteiger partial charge in [-0.3, -0.25) is 9.79 Å². The summed E-state index contributed by atoms with van der Waals surface area (Å²) in [5, 5.41) is 7.35. The summed E-state index contributed by atoms with van der Waals surface area (Å²) >= 11 is 0. The quantitative estimate of drug-likeness (QED) is 0.214. The van der Waals surface area contributed by atoms with Gasteiger partial charge in [0.15, 0.2) is 5.96 Å². The van der Waals surface area contributed by atoms with E-state index >= 15 is 0 Å². The van der Waals surface area contributed by atoms with Gasteiger partial charge in [0, 0.05) is 44.4 Å². The van der Waals surface area contributed by atoms with Crippen molar-refractivity contribution in [1.82, 2.24) is 15.5 Å². The van der Waals surface area contributed by atoms with Crippen LogP contribution in [0.2, 0.25) is 0 Å². The molecule has 0 aliphatic carbocycles. The zero-order valence-corrected chi connectivity index (χ0v) is 22.7. The van der Waals surface area contributed by atoms with Gasteiger partial charge >= 0.3 is 5.97 Å². The number of nitrogens with zero attached hydrogens (tertiary/aromatic N) is 2. The molecule has 1 aromatic carbocycles. The molecule has 8 heteroatoms. The number of nitrogens with one attached hydrogen (secondary N) is 2. The number of hydrogen-bond donors (Lipinski definition) is 2. The van der Waals surface area contributed by atoms with E-state index in [4.69, 9.17) is 14.5 Å². The van der Waals surface area contributed by atoms with Gasteiger partial charge in [-0.1, -0.05) is 30.3 Å². The highest BCUT2D eigenvalue weighted by Crippen LogP contribution is 2.26. The van der Waals surface area contributed by atoms with Crippen LogP contribution < -0.4 is 10.6 Å². The Hall–Kier alpha value is -1.39. The highest BCUT2D eigenvalue weighted by Gasteiger charge is 2.34. The summed E-state index contributed by atoms with van der Waals surface area (Å²) in [6.07, 6.45) is 3.51. The average molecular weight is 573 g/mol. The van der Waals surface area contributed by atoms with Crippen LogP contribution in [0.3, 0.4) is 0 Å². The van der Waals surface area contributed by atoms with Gasteiger partial charge in [-0.25, -0.2) is 0 Å². The topological polar surface area (TPSA) is 75.2 Å². The second-order valence-corrected chi connectivity index (χ2v) is 8.85. The smallest absolute Gasteiger partial charge is 0.309 e. The second kappa shape index (κ2) is 14.1. The summed E-state index contributed by atoms with van der Waals surface area (Å²) in [5.41, 5.74) is 1.20. The molecule has 7 nitrogen and oxygen atoms in total. The van der Waals surface area contributed by atoms with Gasteiger partial charge in [-0.05, 0) is 52.0 Å². The van der Waals surface area contributed by atoms with E-state index in [0.29, 0.717) is 13.2 Å². The Morgan fingerprint density at radius 1 is 1.21 bits per heavy atom. The van der Waals surface area contributed by atoms with Crippen molar-refractivity contribution in [3.05, 3.63) is 35.9 Å². The Balaban J connectivity index is 0.00000385. The monoisotopic (exact) mass is 572 g/mol. The predicted octanol–water partition coefficient (Wildman–Crippen LogP) is 3.75. The Labute approximate surface area is 216 Å². The summed E-state index contributed by atoms with van der Waals surface area (Å²) in [6.45, 7) is 11.3. The molecule has 0 radical (unpaired) electrons. The number of esters is 1. The highest BCUT2D eigenvalue weighted by molar-refractivity contribution is 14.0. The zero-order chi connectivity index (χ0) is 22.8. The first-order valence-electron chi connectivity index (χ1n) is 12.2. The molecule has 2 aliphatic rings. The van der Waals surface area contributed by atoms with Gasteiger partial charge in [0.05, 0.1) is 19.1 Å². The average Bonchev–Trinajstić information content (AvgIpc) is 2.83. The number of halogens is 1. The van der Waals surface area contributed by atoms with E-state index < -0.39 is 0 Å². The molecule has 1 unspecified atom stereocenters. The maximum atomic E-state index is 12.1. The number of benzene rings is 1. The number of aliphatic imine (C=N–C) groups is 1. The molecule has 186 valence electrons. The first kappa shape index (κ1) is 27.9. The van der Waals surface area contributed by atoms with E-state index in [2.05, 4.69) is 59.7 Å². The fraction of sp³-hybridized carbons (Fsp3) is 0.680. The molecular weight excluding hydrogens is 531 g/mol. The predicted molar refractivity (Wildman–Crippen MR) is 143 cm³/mol. The minimum atomic E-state index is -0.0859. The minimum Gasteiger partial charge on any atom is -0.466 e. The number of likely N-dealkylation sites (tertiary alicyclic amines) is 1. The van der Waals surface area contributed by atoms with Crippen molar-refractivity contribution < 1.29 is 14.3 Å². The standard InChI is InChI=1S/C25H40N4O3.HI/c1-4-26-24(29-15-11-22(12-16-29)23(30)32-5-2)27-19-25(13-17-31-18-14-25)28-20(3)21-9-7-6-8-10-21;/h6-10,20,22,28H,4-5,11-19H2,1-3H3,(H,26,27);1H. The number of rotatable bonds is 8. The summed E-state index contributed by atoms with van der Waals surface area (Å²) in [5.74, 6) is 0.883. The van der Waals surface area contributed by atoms with Crippen LogP contribution in [0.15, 0.2) is 35.3 Å². The van der Waals surface area contributed by atoms with Gasteiger partial charge in [0.1, 0.15) is 0 Å². The first-order valence-corrected chi connectivity index (χ1v) is 12.2. The number of carbonyl (C=O) groups excluding carboxylic acids is 1. The van der Waals surface area contributed by atoms with Crippen molar-refractivity contribution in [3.63, 3.8) is 0 Å². The molecule has 3 rings (SSSR count). The molecule has 2 aliphatic heterocycles. The lowest BCUT2D eigenvalue weighted by Gasteiger charge is -2.40. The van der Waals surface area contributed by atoms with E-state index in [1.165, 1.54) is 5.56 Å². The fourth-order valence-electron chi connectivity index (χ4n) is 4.63. The van der Waals surface area contributed by atoms with E-state index in [9.17, 15) is 4.79 Å². The SMILES string of the molecule is CCNC(=NCC1(NC(C)c2ccccc2)CCOCC1)N1CCC(C(=O)OCC)CC1.I. The second-order valence-electron chi connectivity index (χ2n) is 8.85. The summed E-state index contributed by atoms with van der Waals surface area (Å²) in [4.78, 5) is 19.5. The van der Waals surface area contributed by atoms with Gasteiger partial charge < -0.3 is 25.0 Å². The number of hydrogen-bond acceptors (Lipinski definition) is 5. The van der Waals surface area contributed by atoms with E-state index in [0.717, 1.165) is 64.5 Å². The molecule has 0 bridgehead atoms. The largest absolute Gasteiger partial charge is 0.466 e. The molecule has 2 saturated heterocycles. The Kier molecular flexibility index (Phi) is 11.9. The lowest BCUT2D eigenvalue weighted by atomic mass is 9.88. The van der Waals surface area contributed by atoms with Crippen molar-refractivity contribution in [2.75, 3.05) is 46.0 Å². The third-order valence-corrected chi connectivity index (χ3v) is 6.55. The Bertz CT molecular complexity index is 732. The number of ether oxygens (including phenoxy) is 2. The Morgan fingerprint density at radius 3 is 2.48 bits per heavy atom.